The molecule has 0 saturated carbocycles. The van der Waals surface area contributed by atoms with Crippen LogP contribution in [0.3, 0.4) is 0 Å². The molecule has 2 aromatic heterocycles. The largest absolute Gasteiger partial charge is 0.322 e. The lowest BCUT2D eigenvalue weighted by molar-refractivity contribution is 0.102. The van der Waals surface area contributed by atoms with Crippen LogP contribution in [0.25, 0.3) is 22.2 Å². The molecular weight excluding hydrogens is 486 g/mol. The molecule has 0 bridgehead atoms. The third kappa shape index (κ3) is 5.17. The van der Waals surface area contributed by atoms with Gasteiger partial charge in [-0.15, -0.1) is 0 Å². The number of fused-ring (bicyclic) bond motifs is 1. The topological polar surface area (TPSA) is 114 Å². The standard InChI is InChI=1S/C28H23N5O3S/c1-18-8-9-20(16-19(18)2)26-17-24(23-6-3-4-7-25(23)32-26)27(34)31-21-10-12-22(13-11-21)37(35,36)33-28-29-14-5-15-30-28/h3-17H,1-2H3,(H,31,34)(H,29,30,33). The lowest BCUT2D eigenvalue weighted by atomic mass is 10.0. The molecule has 0 aliphatic carbocycles. The van der Waals surface area contributed by atoms with Crippen LogP contribution in [0.4, 0.5) is 11.6 Å². The summed E-state index contributed by atoms with van der Waals surface area (Å²) in [5, 5.41) is 3.59. The van der Waals surface area contributed by atoms with Crippen LogP contribution in [0.1, 0.15) is 21.5 Å². The van der Waals surface area contributed by atoms with Crippen molar-refractivity contribution >= 4 is 38.5 Å². The summed E-state index contributed by atoms with van der Waals surface area (Å²) in [6.45, 7) is 4.09. The van der Waals surface area contributed by atoms with Gasteiger partial charge in [0, 0.05) is 29.0 Å². The Morgan fingerprint density at radius 3 is 2.27 bits per heavy atom. The molecule has 2 heterocycles. The van der Waals surface area contributed by atoms with Gasteiger partial charge in [-0.05, 0) is 73.5 Å². The first kappa shape index (κ1) is 24.1. The molecule has 0 aliphatic heterocycles. The van der Waals surface area contributed by atoms with E-state index in [0.717, 1.165) is 16.5 Å². The summed E-state index contributed by atoms with van der Waals surface area (Å²) in [5.41, 5.74) is 5.57. The van der Waals surface area contributed by atoms with E-state index in [-0.39, 0.29) is 16.8 Å². The van der Waals surface area contributed by atoms with Gasteiger partial charge in [0.1, 0.15) is 0 Å². The van der Waals surface area contributed by atoms with E-state index in [2.05, 4.69) is 26.1 Å². The third-order valence-corrected chi connectivity index (χ3v) is 7.32. The van der Waals surface area contributed by atoms with E-state index < -0.39 is 10.0 Å². The number of benzene rings is 3. The summed E-state index contributed by atoms with van der Waals surface area (Å²) in [6.07, 6.45) is 2.88. The Morgan fingerprint density at radius 2 is 1.54 bits per heavy atom. The molecule has 0 aliphatic rings. The summed E-state index contributed by atoms with van der Waals surface area (Å²) in [7, 11) is -3.88. The van der Waals surface area contributed by atoms with Crippen LogP contribution in [0.15, 0.2) is 96.2 Å². The van der Waals surface area contributed by atoms with Gasteiger partial charge in [0.05, 0.1) is 21.7 Å². The van der Waals surface area contributed by atoms with Crippen LogP contribution >= 0.6 is 0 Å². The first-order valence-corrected chi connectivity index (χ1v) is 13.0. The molecule has 3 aromatic carbocycles. The molecule has 0 radical (unpaired) electrons. The van der Waals surface area contributed by atoms with E-state index in [4.69, 9.17) is 4.98 Å². The number of sulfonamides is 1. The number of aryl methyl sites for hydroxylation is 2. The maximum Gasteiger partial charge on any atom is 0.264 e. The smallest absolute Gasteiger partial charge is 0.264 e. The molecule has 0 saturated heterocycles. The second-order valence-electron chi connectivity index (χ2n) is 8.53. The molecule has 0 atom stereocenters. The Kier molecular flexibility index (Phi) is 6.37. The van der Waals surface area contributed by atoms with E-state index in [1.54, 1.807) is 12.1 Å². The van der Waals surface area contributed by atoms with Gasteiger partial charge in [0.25, 0.3) is 15.9 Å². The number of carbonyl (C=O) groups is 1. The van der Waals surface area contributed by atoms with Crippen LogP contribution in [-0.4, -0.2) is 29.3 Å². The number of pyridine rings is 1. The van der Waals surface area contributed by atoms with Gasteiger partial charge in [-0.3, -0.25) is 4.79 Å². The summed E-state index contributed by atoms with van der Waals surface area (Å²) in [4.78, 5) is 25.9. The molecule has 1 amide bonds. The predicted octanol–water partition coefficient (Wildman–Crippen LogP) is 5.36. The molecule has 0 unspecified atom stereocenters. The Hall–Kier alpha value is -4.63. The number of hydrogen-bond acceptors (Lipinski definition) is 6. The maximum atomic E-state index is 13.4. The lowest BCUT2D eigenvalue weighted by Gasteiger charge is -2.12. The van der Waals surface area contributed by atoms with E-state index >= 15 is 0 Å². The van der Waals surface area contributed by atoms with Crippen molar-refractivity contribution in [2.24, 2.45) is 0 Å². The number of carbonyl (C=O) groups excluding carboxylic acids is 1. The molecule has 37 heavy (non-hydrogen) atoms. The second-order valence-corrected chi connectivity index (χ2v) is 10.2. The molecule has 5 rings (SSSR count). The maximum absolute atomic E-state index is 13.4. The van der Waals surface area contributed by atoms with Crippen LogP contribution < -0.4 is 10.0 Å². The average molecular weight is 510 g/mol. The van der Waals surface area contributed by atoms with Gasteiger partial charge in [-0.25, -0.2) is 28.1 Å². The van der Waals surface area contributed by atoms with Crippen molar-refractivity contribution in [1.82, 2.24) is 15.0 Å². The Balaban J connectivity index is 1.43. The normalized spacial score (nSPS) is 11.3. The number of anilines is 2. The average Bonchev–Trinajstić information content (AvgIpc) is 2.90. The fraction of sp³-hybridized carbons (Fsp3) is 0.0714. The van der Waals surface area contributed by atoms with Crippen molar-refractivity contribution in [2.75, 3.05) is 10.0 Å². The monoisotopic (exact) mass is 509 g/mol. The van der Waals surface area contributed by atoms with Crippen molar-refractivity contribution in [3.63, 3.8) is 0 Å². The molecule has 0 spiro atoms. The van der Waals surface area contributed by atoms with Gasteiger partial charge in [-0.1, -0.05) is 30.3 Å². The van der Waals surface area contributed by atoms with Crippen LogP contribution in [0.5, 0.6) is 0 Å². The summed E-state index contributed by atoms with van der Waals surface area (Å²) < 4.78 is 27.6. The van der Waals surface area contributed by atoms with E-state index in [9.17, 15) is 13.2 Å². The third-order valence-electron chi connectivity index (χ3n) is 5.98. The minimum Gasteiger partial charge on any atom is -0.322 e. The van der Waals surface area contributed by atoms with E-state index in [1.165, 1.54) is 42.2 Å². The minimum absolute atomic E-state index is 0.0179. The fourth-order valence-corrected chi connectivity index (χ4v) is 4.82. The van der Waals surface area contributed by atoms with Crippen molar-refractivity contribution in [3.05, 3.63) is 108 Å². The van der Waals surface area contributed by atoms with Crippen molar-refractivity contribution in [2.45, 2.75) is 18.7 Å². The molecule has 5 aromatic rings. The fourth-order valence-electron chi connectivity index (χ4n) is 3.86. The molecule has 0 fully saturated rings. The second kappa shape index (κ2) is 9.79. The predicted molar refractivity (Wildman–Crippen MR) is 144 cm³/mol. The van der Waals surface area contributed by atoms with Crippen LogP contribution in [0, 0.1) is 13.8 Å². The molecular formula is C28H23N5O3S. The van der Waals surface area contributed by atoms with E-state index in [0.29, 0.717) is 22.5 Å². The SMILES string of the molecule is Cc1ccc(-c2cc(C(=O)Nc3ccc(S(=O)(=O)Nc4ncccn4)cc3)c3ccccc3n2)cc1C. The van der Waals surface area contributed by atoms with Crippen LogP contribution in [-0.2, 0) is 10.0 Å². The highest BCUT2D eigenvalue weighted by Crippen LogP contribution is 2.27. The zero-order valence-electron chi connectivity index (χ0n) is 20.1. The summed E-state index contributed by atoms with van der Waals surface area (Å²) in [6, 6.07) is 22.8. The molecule has 8 nitrogen and oxygen atoms in total. The van der Waals surface area contributed by atoms with Crippen molar-refractivity contribution in [3.8, 4) is 11.3 Å². The number of nitrogens with one attached hydrogen (secondary N) is 2. The molecule has 2 N–H and O–H groups in total. The highest BCUT2D eigenvalue weighted by atomic mass is 32.2. The Morgan fingerprint density at radius 1 is 0.811 bits per heavy atom. The molecule has 184 valence electrons. The summed E-state index contributed by atoms with van der Waals surface area (Å²) >= 11 is 0. The molecule has 9 heteroatoms. The minimum atomic E-state index is -3.88. The van der Waals surface area contributed by atoms with Gasteiger partial charge in [0.2, 0.25) is 5.95 Å². The first-order valence-electron chi connectivity index (χ1n) is 11.5. The van der Waals surface area contributed by atoms with Gasteiger partial charge in [0.15, 0.2) is 0 Å². The Bertz CT molecular complexity index is 1720. The van der Waals surface area contributed by atoms with Crippen molar-refractivity contribution in [1.29, 1.82) is 0 Å². The quantitative estimate of drug-likeness (QED) is 0.318. The van der Waals surface area contributed by atoms with Gasteiger partial charge < -0.3 is 5.32 Å². The van der Waals surface area contributed by atoms with Gasteiger partial charge >= 0.3 is 0 Å². The number of aromatic nitrogens is 3. The van der Waals surface area contributed by atoms with Crippen molar-refractivity contribution < 1.29 is 13.2 Å². The number of amides is 1. The van der Waals surface area contributed by atoms with Crippen LogP contribution in [0.2, 0.25) is 0 Å². The zero-order valence-corrected chi connectivity index (χ0v) is 21.0. The van der Waals surface area contributed by atoms with Gasteiger partial charge in [-0.2, -0.15) is 0 Å². The highest BCUT2D eigenvalue weighted by Gasteiger charge is 2.17. The van der Waals surface area contributed by atoms with E-state index in [1.807, 2.05) is 50.2 Å². The number of hydrogen-bond donors (Lipinski definition) is 2. The summed E-state index contributed by atoms with van der Waals surface area (Å²) in [5.74, 6) is -0.348. The Labute approximate surface area is 214 Å². The number of rotatable bonds is 6. The zero-order chi connectivity index (χ0) is 26.0. The lowest BCUT2D eigenvalue weighted by Crippen LogP contribution is -2.15. The highest BCUT2D eigenvalue weighted by molar-refractivity contribution is 7.92. The first-order chi connectivity index (χ1) is 17.8. The number of nitrogens with zero attached hydrogens (tertiary/aromatic N) is 3. The number of para-hydroxylation sites is 1.